The summed E-state index contributed by atoms with van der Waals surface area (Å²) in [6.07, 6.45) is -2.82. The van der Waals surface area contributed by atoms with E-state index >= 15 is 0 Å². The number of pyridine rings is 1. The van der Waals surface area contributed by atoms with Crippen LogP contribution in [-0.4, -0.2) is 23.2 Å². The second-order valence-electron chi connectivity index (χ2n) is 2.83. The van der Waals surface area contributed by atoms with Crippen LogP contribution in [0, 0.1) is 6.92 Å². The average molecular weight is 217 g/mol. The minimum absolute atomic E-state index is 0.0951. The third kappa shape index (κ3) is 2.20. The summed E-state index contributed by atoms with van der Waals surface area (Å²) in [6.45, 7) is 1.45. The Bertz CT molecular complexity index is 393. The number of halogens is 2. The topological polar surface area (TPSA) is 59.4 Å². The zero-order valence-corrected chi connectivity index (χ0v) is 8.12. The van der Waals surface area contributed by atoms with Gasteiger partial charge in [0.1, 0.15) is 11.4 Å². The first kappa shape index (κ1) is 11.4. The van der Waals surface area contributed by atoms with Gasteiger partial charge in [-0.3, -0.25) is 0 Å². The molecule has 0 saturated heterocycles. The van der Waals surface area contributed by atoms with E-state index in [1.165, 1.54) is 14.0 Å². The lowest BCUT2D eigenvalue weighted by atomic mass is 10.1. The van der Waals surface area contributed by atoms with Gasteiger partial charge >= 0.3 is 5.97 Å². The maximum Gasteiger partial charge on any atom is 0.354 e. The third-order valence-corrected chi connectivity index (χ3v) is 1.89. The van der Waals surface area contributed by atoms with Gasteiger partial charge < -0.3 is 9.84 Å². The molecule has 0 aliphatic heterocycles. The SMILES string of the molecule is COc1cc(C(F)F)nc(C(=O)O)c1C. The lowest BCUT2D eigenvalue weighted by Crippen LogP contribution is -2.08. The van der Waals surface area contributed by atoms with E-state index in [1.807, 2.05) is 0 Å². The Labute approximate surface area is 84.5 Å². The van der Waals surface area contributed by atoms with Gasteiger partial charge in [-0.15, -0.1) is 0 Å². The van der Waals surface area contributed by atoms with Crippen molar-refractivity contribution >= 4 is 5.97 Å². The van der Waals surface area contributed by atoms with Crippen LogP contribution in [0.25, 0.3) is 0 Å². The first-order valence-corrected chi connectivity index (χ1v) is 4.04. The maximum absolute atomic E-state index is 12.3. The zero-order valence-electron chi connectivity index (χ0n) is 8.12. The molecule has 0 spiro atoms. The van der Waals surface area contributed by atoms with Crippen LogP contribution < -0.4 is 4.74 Å². The highest BCUT2D eigenvalue weighted by atomic mass is 19.3. The second-order valence-corrected chi connectivity index (χ2v) is 2.83. The monoisotopic (exact) mass is 217 g/mol. The summed E-state index contributed by atoms with van der Waals surface area (Å²) in [5, 5.41) is 8.73. The molecule has 0 bridgehead atoms. The van der Waals surface area contributed by atoms with Gasteiger partial charge in [-0.2, -0.15) is 0 Å². The number of nitrogens with zero attached hydrogens (tertiary/aromatic N) is 1. The maximum atomic E-state index is 12.3. The number of carboxylic acid groups (broad SMARTS) is 1. The molecule has 82 valence electrons. The molecule has 0 radical (unpaired) electrons. The zero-order chi connectivity index (χ0) is 11.6. The Balaban J connectivity index is 3.38. The molecule has 4 nitrogen and oxygen atoms in total. The smallest absolute Gasteiger partial charge is 0.354 e. The van der Waals surface area contributed by atoms with E-state index in [4.69, 9.17) is 9.84 Å². The molecule has 1 N–H and O–H groups in total. The molecule has 6 heteroatoms. The first-order valence-electron chi connectivity index (χ1n) is 4.04. The van der Waals surface area contributed by atoms with E-state index in [2.05, 4.69) is 4.98 Å². The minimum atomic E-state index is -2.82. The number of rotatable bonds is 3. The van der Waals surface area contributed by atoms with Crippen LogP contribution in [0.3, 0.4) is 0 Å². The van der Waals surface area contributed by atoms with Gasteiger partial charge in [0.15, 0.2) is 5.69 Å². The summed E-state index contributed by atoms with van der Waals surface area (Å²) in [7, 11) is 1.28. The highest BCUT2D eigenvalue weighted by Crippen LogP contribution is 2.26. The predicted molar refractivity (Wildman–Crippen MR) is 47.4 cm³/mol. The lowest BCUT2D eigenvalue weighted by molar-refractivity contribution is 0.0687. The predicted octanol–water partition coefficient (Wildman–Crippen LogP) is 2.03. The molecule has 15 heavy (non-hydrogen) atoms. The Kier molecular flexibility index (Phi) is 3.18. The molecule has 0 aliphatic carbocycles. The van der Waals surface area contributed by atoms with E-state index in [1.54, 1.807) is 0 Å². The van der Waals surface area contributed by atoms with E-state index in [-0.39, 0.29) is 11.3 Å². The van der Waals surface area contributed by atoms with E-state index in [9.17, 15) is 13.6 Å². The summed E-state index contributed by atoms with van der Waals surface area (Å²) in [4.78, 5) is 14.1. The summed E-state index contributed by atoms with van der Waals surface area (Å²) in [6, 6.07) is 1.03. The lowest BCUT2D eigenvalue weighted by Gasteiger charge is -2.09. The van der Waals surface area contributed by atoms with Crippen LogP contribution in [0.15, 0.2) is 6.07 Å². The van der Waals surface area contributed by atoms with Crippen molar-refractivity contribution in [2.75, 3.05) is 7.11 Å². The summed E-state index contributed by atoms with van der Waals surface area (Å²) >= 11 is 0. The number of aromatic nitrogens is 1. The van der Waals surface area contributed by atoms with Crippen molar-refractivity contribution in [2.45, 2.75) is 13.3 Å². The van der Waals surface area contributed by atoms with Gasteiger partial charge in [0, 0.05) is 11.6 Å². The molecule has 0 fully saturated rings. The Morgan fingerprint density at radius 2 is 2.20 bits per heavy atom. The summed E-state index contributed by atoms with van der Waals surface area (Å²) in [5.74, 6) is -1.26. The van der Waals surface area contributed by atoms with Crippen molar-refractivity contribution in [3.05, 3.63) is 23.0 Å². The van der Waals surface area contributed by atoms with Crippen LogP contribution in [0.5, 0.6) is 5.75 Å². The molecule has 0 unspecified atom stereocenters. The van der Waals surface area contributed by atoms with Crippen molar-refractivity contribution in [3.8, 4) is 5.75 Å². The number of methoxy groups -OCH3 is 1. The number of carbonyl (C=O) groups is 1. The molecule has 1 heterocycles. The molecule has 1 rings (SSSR count). The van der Waals surface area contributed by atoms with Gasteiger partial charge in [0.05, 0.1) is 7.11 Å². The van der Waals surface area contributed by atoms with Crippen LogP contribution in [0.2, 0.25) is 0 Å². The number of ether oxygens (including phenoxy) is 1. The molecule has 0 atom stereocenters. The van der Waals surface area contributed by atoms with Gasteiger partial charge in [-0.25, -0.2) is 18.6 Å². The number of aromatic carboxylic acids is 1. The Morgan fingerprint density at radius 1 is 1.60 bits per heavy atom. The molecule has 0 aromatic carbocycles. The molecule has 0 saturated carbocycles. The molecular formula is C9H9F2NO3. The van der Waals surface area contributed by atoms with E-state index < -0.39 is 23.8 Å². The van der Waals surface area contributed by atoms with Crippen molar-refractivity contribution in [1.82, 2.24) is 4.98 Å². The van der Waals surface area contributed by atoms with Crippen LogP contribution >= 0.6 is 0 Å². The number of hydrogen-bond acceptors (Lipinski definition) is 3. The number of alkyl halides is 2. The van der Waals surface area contributed by atoms with Crippen molar-refractivity contribution in [3.63, 3.8) is 0 Å². The minimum Gasteiger partial charge on any atom is -0.496 e. The van der Waals surface area contributed by atoms with Crippen molar-refractivity contribution < 1.29 is 23.4 Å². The quantitative estimate of drug-likeness (QED) is 0.841. The molecule has 1 aromatic rings. The average Bonchev–Trinajstić information content (AvgIpc) is 2.17. The van der Waals surface area contributed by atoms with Gasteiger partial charge in [0.25, 0.3) is 6.43 Å². The fourth-order valence-corrected chi connectivity index (χ4v) is 1.14. The Morgan fingerprint density at radius 3 is 2.60 bits per heavy atom. The normalized spacial score (nSPS) is 10.5. The molecule has 1 aromatic heterocycles. The van der Waals surface area contributed by atoms with E-state index in [0.29, 0.717) is 0 Å². The van der Waals surface area contributed by atoms with Crippen LogP contribution in [-0.2, 0) is 0 Å². The van der Waals surface area contributed by atoms with Crippen LogP contribution in [0.4, 0.5) is 8.78 Å². The Hall–Kier alpha value is -1.72. The summed E-state index contributed by atoms with van der Waals surface area (Å²) < 4.78 is 29.5. The molecular weight excluding hydrogens is 208 g/mol. The highest BCUT2D eigenvalue weighted by molar-refractivity contribution is 5.87. The standard InChI is InChI=1S/C9H9F2NO3/c1-4-6(15-2)3-5(8(10)11)12-7(4)9(13)14/h3,8H,1-2H3,(H,13,14). The second kappa shape index (κ2) is 4.20. The fourth-order valence-electron chi connectivity index (χ4n) is 1.14. The van der Waals surface area contributed by atoms with Crippen molar-refractivity contribution in [2.24, 2.45) is 0 Å². The van der Waals surface area contributed by atoms with Gasteiger partial charge in [-0.1, -0.05) is 0 Å². The van der Waals surface area contributed by atoms with Crippen LogP contribution in [0.1, 0.15) is 28.2 Å². The van der Waals surface area contributed by atoms with E-state index in [0.717, 1.165) is 6.07 Å². The molecule has 0 aliphatic rings. The van der Waals surface area contributed by atoms with Gasteiger partial charge in [-0.05, 0) is 6.92 Å². The third-order valence-electron chi connectivity index (χ3n) is 1.89. The fraction of sp³-hybridized carbons (Fsp3) is 0.333. The van der Waals surface area contributed by atoms with Crippen molar-refractivity contribution in [1.29, 1.82) is 0 Å². The van der Waals surface area contributed by atoms with Gasteiger partial charge in [0.2, 0.25) is 0 Å². The summed E-state index contributed by atoms with van der Waals surface area (Å²) in [5.41, 5.74) is -0.783. The largest absolute Gasteiger partial charge is 0.496 e. The molecule has 0 amide bonds. The first-order chi connectivity index (χ1) is 6.97. The number of carboxylic acids is 1. The number of hydrogen-bond donors (Lipinski definition) is 1. The highest BCUT2D eigenvalue weighted by Gasteiger charge is 2.19.